The van der Waals surface area contributed by atoms with Crippen LogP contribution in [0.1, 0.15) is 42.1 Å². The molecule has 2 aromatic rings. The highest BCUT2D eigenvalue weighted by molar-refractivity contribution is 6.04. The van der Waals surface area contributed by atoms with Gasteiger partial charge in [0.2, 0.25) is 0 Å². The maximum absolute atomic E-state index is 13.2. The highest BCUT2D eigenvalue weighted by Crippen LogP contribution is 2.43. The predicted molar refractivity (Wildman–Crippen MR) is 99.4 cm³/mol. The number of carbonyl (C=O) groups is 2. The Kier molecular flexibility index (Phi) is 4.34. The van der Waals surface area contributed by atoms with Gasteiger partial charge in [-0.2, -0.15) is 0 Å². The van der Waals surface area contributed by atoms with Gasteiger partial charge in [0.15, 0.2) is 11.9 Å². The predicted octanol–water partition coefficient (Wildman–Crippen LogP) is 3.40. The Hall–Kier alpha value is -2.89. The zero-order chi connectivity index (χ0) is 19.0. The Morgan fingerprint density at radius 2 is 2.00 bits per heavy atom. The quantitative estimate of drug-likeness (QED) is 0.869. The first-order valence-corrected chi connectivity index (χ1v) is 9.13. The van der Waals surface area contributed by atoms with E-state index in [-0.39, 0.29) is 23.0 Å². The second-order valence-corrected chi connectivity index (χ2v) is 7.26. The molecule has 2 aliphatic rings. The molecule has 0 saturated heterocycles. The maximum Gasteiger partial charge on any atom is 0.265 e. The van der Waals surface area contributed by atoms with Gasteiger partial charge in [-0.25, -0.2) is 4.39 Å². The fourth-order valence-corrected chi connectivity index (χ4v) is 3.73. The van der Waals surface area contributed by atoms with Crippen molar-refractivity contribution in [1.29, 1.82) is 0 Å². The molecule has 1 aliphatic heterocycles. The van der Waals surface area contributed by atoms with Crippen LogP contribution in [0.4, 0.5) is 10.1 Å². The van der Waals surface area contributed by atoms with Crippen LogP contribution in [0.3, 0.4) is 0 Å². The van der Waals surface area contributed by atoms with E-state index in [9.17, 15) is 14.0 Å². The second-order valence-electron chi connectivity index (χ2n) is 7.26. The largest absolute Gasteiger partial charge is 0.478 e. The summed E-state index contributed by atoms with van der Waals surface area (Å²) in [5.41, 5.74) is 1.79. The number of amides is 2. The molecule has 2 aromatic carbocycles. The summed E-state index contributed by atoms with van der Waals surface area (Å²) in [6.45, 7) is 2.12. The topological polar surface area (TPSA) is 67.4 Å². The Bertz CT molecular complexity index is 891. The number of hydrogen-bond acceptors (Lipinski definition) is 3. The molecule has 2 amide bonds. The van der Waals surface area contributed by atoms with Crippen LogP contribution in [0, 0.1) is 5.82 Å². The molecular formula is C21H21FN2O3. The first-order valence-electron chi connectivity index (χ1n) is 9.13. The average Bonchev–Trinajstić information content (AvgIpc) is 2.62. The summed E-state index contributed by atoms with van der Waals surface area (Å²) in [5, 5.41) is 5.76. The molecule has 27 heavy (non-hydrogen) atoms. The van der Waals surface area contributed by atoms with Gasteiger partial charge >= 0.3 is 0 Å². The SMILES string of the molecule is CC1Oc2c(cccc2C(=O)NCC2(c3ccc(F)cc3)CCC2)NC1=O. The van der Waals surface area contributed by atoms with Crippen molar-refractivity contribution in [2.45, 2.75) is 37.7 Å². The van der Waals surface area contributed by atoms with Crippen molar-refractivity contribution in [1.82, 2.24) is 5.32 Å². The molecule has 2 N–H and O–H groups in total. The summed E-state index contributed by atoms with van der Waals surface area (Å²) in [5.74, 6) is -0.346. The molecular weight excluding hydrogens is 347 g/mol. The summed E-state index contributed by atoms with van der Waals surface area (Å²) in [7, 11) is 0. The van der Waals surface area contributed by atoms with Crippen LogP contribution in [0.2, 0.25) is 0 Å². The number of fused-ring (bicyclic) bond motifs is 1. The smallest absolute Gasteiger partial charge is 0.265 e. The number of hydrogen-bond donors (Lipinski definition) is 2. The number of benzene rings is 2. The Labute approximate surface area is 156 Å². The minimum absolute atomic E-state index is 0.152. The summed E-state index contributed by atoms with van der Waals surface area (Å²) in [6.07, 6.45) is 2.34. The van der Waals surface area contributed by atoms with Crippen LogP contribution < -0.4 is 15.4 Å². The van der Waals surface area contributed by atoms with Gasteiger partial charge in [0.05, 0.1) is 11.3 Å². The standard InChI is InChI=1S/C21H21FN2O3/c1-13-19(25)24-17-5-2-4-16(18(17)27-13)20(26)23-12-21(10-3-11-21)14-6-8-15(22)9-7-14/h2,4-9,13H,3,10-12H2,1H3,(H,23,26)(H,24,25). The van der Waals surface area contributed by atoms with E-state index < -0.39 is 6.10 Å². The second kappa shape index (κ2) is 6.68. The van der Waals surface area contributed by atoms with Gasteiger partial charge in [-0.1, -0.05) is 24.6 Å². The van der Waals surface area contributed by atoms with E-state index >= 15 is 0 Å². The fraction of sp³-hybridized carbons (Fsp3) is 0.333. The molecule has 6 heteroatoms. The van der Waals surface area contributed by atoms with E-state index in [1.54, 1.807) is 37.3 Å². The number of anilines is 1. The van der Waals surface area contributed by atoms with Crippen molar-refractivity contribution >= 4 is 17.5 Å². The Balaban J connectivity index is 1.52. The third-order valence-corrected chi connectivity index (χ3v) is 5.54. The number of halogens is 1. The first-order chi connectivity index (χ1) is 13.0. The lowest BCUT2D eigenvalue weighted by molar-refractivity contribution is -0.122. The monoisotopic (exact) mass is 368 g/mol. The van der Waals surface area contributed by atoms with Crippen molar-refractivity contribution in [3.8, 4) is 5.75 Å². The van der Waals surface area contributed by atoms with Crippen molar-refractivity contribution in [3.05, 3.63) is 59.4 Å². The van der Waals surface area contributed by atoms with E-state index in [0.717, 1.165) is 24.8 Å². The number of rotatable bonds is 4. The highest BCUT2D eigenvalue weighted by Gasteiger charge is 2.39. The summed E-state index contributed by atoms with van der Waals surface area (Å²) >= 11 is 0. The normalized spacial score (nSPS) is 19.9. The molecule has 0 aromatic heterocycles. The van der Waals surface area contributed by atoms with Crippen molar-refractivity contribution in [2.75, 3.05) is 11.9 Å². The zero-order valence-corrected chi connectivity index (χ0v) is 15.0. The molecule has 1 unspecified atom stereocenters. The minimum atomic E-state index is -0.649. The van der Waals surface area contributed by atoms with Gasteiger partial charge in [0.25, 0.3) is 11.8 Å². The Morgan fingerprint density at radius 3 is 2.67 bits per heavy atom. The van der Waals surface area contributed by atoms with Gasteiger partial charge in [0.1, 0.15) is 5.82 Å². The summed E-state index contributed by atoms with van der Waals surface area (Å²) < 4.78 is 18.9. The van der Waals surface area contributed by atoms with Crippen LogP contribution in [-0.2, 0) is 10.2 Å². The molecule has 1 aliphatic carbocycles. The number of nitrogens with one attached hydrogen (secondary N) is 2. The third-order valence-electron chi connectivity index (χ3n) is 5.54. The maximum atomic E-state index is 13.2. The van der Waals surface area contributed by atoms with E-state index in [0.29, 0.717) is 23.5 Å². The van der Waals surface area contributed by atoms with E-state index in [1.807, 2.05) is 0 Å². The molecule has 1 saturated carbocycles. The number of carbonyl (C=O) groups excluding carboxylic acids is 2. The van der Waals surface area contributed by atoms with Gasteiger partial charge in [-0.3, -0.25) is 9.59 Å². The molecule has 0 radical (unpaired) electrons. The third kappa shape index (κ3) is 3.16. The summed E-state index contributed by atoms with van der Waals surface area (Å²) in [4.78, 5) is 24.6. The zero-order valence-electron chi connectivity index (χ0n) is 15.0. The molecule has 1 fully saturated rings. The lowest BCUT2D eigenvalue weighted by Gasteiger charge is -2.42. The fourth-order valence-electron chi connectivity index (χ4n) is 3.73. The van der Waals surface area contributed by atoms with Crippen LogP contribution >= 0.6 is 0 Å². The van der Waals surface area contributed by atoms with Gasteiger partial charge in [-0.15, -0.1) is 0 Å². The molecule has 0 bridgehead atoms. The van der Waals surface area contributed by atoms with Crippen LogP contribution in [0.25, 0.3) is 0 Å². The molecule has 1 heterocycles. The van der Waals surface area contributed by atoms with Crippen LogP contribution in [0.5, 0.6) is 5.75 Å². The first kappa shape index (κ1) is 17.5. The molecule has 0 spiro atoms. The van der Waals surface area contributed by atoms with Gasteiger partial charge in [0, 0.05) is 12.0 Å². The molecule has 1 atom stereocenters. The van der Waals surface area contributed by atoms with Gasteiger partial charge in [-0.05, 0) is 49.6 Å². The number of ether oxygens (including phenoxy) is 1. The minimum Gasteiger partial charge on any atom is -0.478 e. The molecule has 5 nitrogen and oxygen atoms in total. The molecule has 4 rings (SSSR count). The molecule has 140 valence electrons. The van der Waals surface area contributed by atoms with Crippen LogP contribution in [0.15, 0.2) is 42.5 Å². The lowest BCUT2D eigenvalue weighted by Crippen LogP contribution is -2.45. The van der Waals surface area contributed by atoms with Crippen molar-refractivity contribution in [3.63, 3.8) is 0 Å². The number of para-hydroxylation sites is 1. The highest BCUT2D eigenvalue weighted by atomic mass is 19.1. The van der Waals surface area contributed by atoms with Crippen molar-refractivity contribution < 1.29 is 18.7 Å². The Morgan fingerprint density at radius 1 is 1.26 bits per heavy atom. The van der Waals surface area contributed by atoms with E-state index in [1.165, 1.54) is 12.1 Å². The summed E-state index contributed by atoms with van der Waals surface area (Å²) in [6, 6.07) is 11.6. The van der Waals surface area contributed by atoms with E-state index in [4.69, 9.17) is 4.74 Å². The van der Waals surface area contributed by atoms with Crippen molar-refractivity contribution in [2.24, 2.45) is 0 Å². The van der Waals surface area contributed by atoms with E-state index in [2.05, 4.69) is 10.6 Å². The van der Waals surface area contributed by atoms with Crippen LogP contribution in [-0.4, -0.2) is 24.5 Å². The van der Waals surface area contributed by atoms with Gasteiger partial charge < -0.3 is 15.4 Å². The lowest BCUT2D eigenvalue weighted by atomic mass is 9.64. The average molecular weight is 368 g/mol.